The van der Waals surface area contributed by atoms with Crippen molar-refractivity contribution in [1.82, 2.24) is 10.6 Å². The maximum absolute atomic E-state index is 12.6. The minimum absolute atomic E-state index is 0.165. The number of rotatable bonds is 7. The average molecular weight is 409 g/mol. The summed E-state index contributed by atoms with van der Waals surface area (Å²) >= 11 is 1.53. The molecule has 3 atom stereocenters. The van der Waals surface area contributed by atoms with Crippen molar-refractivity contribution in [2.24, 2.45) is 0 Å². The van der Waals surface area contributed by atoms with Crippen molar-refractivity contribution in [3.63, 3.8) is 0 Å². The molecule has 2 N–H and O–H groups in total. The number of carbonyl (C=O) groups excluding carboxylic acids is 3. The zero-order valence-electron chi connectivity index (χ0n) is 16.7. The molecule has 0 bridgehead atoms. The Balaban J connectivity index is 2.04. The first-order valence-corrected chi connectivity index (χ1v) is 10.3. The summed E-state index contributed by atoms with van der Waals surface area (Å²) in [4.78, 5) is 36.5. The molecule has 0 saturated carbocycles. The van der Waals surface area contributed by atoms with E-state index in [2.05, 4.69) is 10.6 Å². The van der Waals surface area contributed by atoms with Crippen LogP contribution in [0.2, 0.25) is 0 Å². The molecule has 0 spiro atoms. The highest BCUT2D eigenvalue weighted by Crippen LogP contribution is 2.25. The maximum atomic E-state index is 12.6. The molecule has 1 saturated heterocycles. The smallest absolute Gasteiger partial charge is 0.323 e. The quantitative estimate of drug-likeness (QED) is 0.668. The van der Waals surface area contributed by atoms with Gasteiger partial charge in [0.15, 0.2) is 0 Å². The summed E-state index contributed by atoms with van der Waals surface area (Å²) < 4.78 is 10.2. The predicted octanol–water partition coefficient (Wildman–Crippen LogP) is 2.11. The first kappa shape index (κ1) is 22.2. The Hall–Kier alpha value is -2.06. The summed E-state index contributed by atoms with van der Waals surface area (Å²) in [5.74, 6) is -0.338. The lowest BCUT2D eigenvalue weighted by atomic mass is 10.1. The number of thioether (sulfide) groups is 1. The van der Waals surface area contributed by atoms with Crippen LogP contribution in [0.4, 0.5) is 0 Å². The van der Waals surface area contributed by atoms with Gasteiger partial charge < -0.3 is 14.8 Å². The molecule has 0 radical (unpaired) electrons. The minimum Gasteiger partial charge on any atom is -0.468 e. The molecule has 28 heavy (non-hydrogen) atoms. The Labute approximate surface area is 169 Å². The molecule has 1 aromatic rings. The highest BCUT2D eigenvalue weighted by molar-refractivity contribution is 8.00. The third-order valence-corrected chi connectivity index (χ3v) is 5.44. The molecule has 1 heterocycles. The van der Waals surface area contributed by atoms with Crippen LogP contribution in [0.15, 0.2) is 30.3 Å². The summed E-state index contributed by atoms with van der Waals surface area (Å²) in [6.45, 7) is 5.44. The second-order valence-corrected chi connectivity index (χ2v) is 8.74. The number of ether oxygens (including phenoxy) is 2. The average Bonchev–Trinajstić information content (AvgIpc) is 3.13. The molecule has 1 amide bonds. The van der Waals surface area contributed by atoms with Gasteiger partial charge in [0.1, 0.15) is 11.6 Å². The molecule has 2 rings (SSSR count). The summed E-state index contributed by atoms with van der Waals surface area (Å²) in [7, 11) is 1.35. The van der Waals surface area contributed by atoms with Crippen LogP contribution in [0.1, 0.15) is 44.0 Å². The monoisotopic (exact) mass is 408 g/mol. The molecule has 8 heteroatoms. The van der Waals surface area contributed by atoms with E-state index in [1.807, 2.05) is 26.8 Å². The Morgan fingerprint density at radius 2 is 1.93 bits per heavy atom. The van der Waals surface area contributed by atoms with Gasteiger partial charge in [0.2, 0.25) is 0 Å². The molecule has 1 fully saturated rings. The normalized spacial score (nSPS) is 20.3. The Kier molecular flexibility index (Phi) is 7.88. The van der Waals surface area contributed by atoms with Gasteiger partial charge in [0, 0.05) is 17.7 Å². The largest absolute Gasteiger partial charge is 0.468 e. The number of carbonyl (C=O) groups is 3. The van der Waals surface area contributed by atoms with Crippen LogP contribution in [-0.2, 0) is 19.1 Å². The van der Waals surface area contributed by atoms with Crippen molar-refractivity contribution in [1.29, 1.82) is 0 Å². The number of methoxy groups -OCH3 is 1. The number of hydrogen-bond donors (Lipinski definition) is 2. The van der Waals surface area contributed by atoms with E-state index in [0.29, 0.717) is 17.7 Å². The number of benzene rings is 1. The summed E-state index contributed by atoms with van der Waals surface area (Å²) in [5, 5.41) is 5.97. The van der Waals surface area contributed by atoms with Gasteiger partial charge >= 0.3 is 11.9 Å². The number of nitrogens with one attached hydrogen (secondary N) is 2. The molecule has 1 aromatic carbocycles. The fraction of sp³-hybridized carbons (Fsp3) is 0.550. The van der Waals surface area contributed by atoms with Crippen LogP contribution in [0.5, 0.6) is 0 Å². The number of esters is 2. The molecule has 0 aliphatic carbocycles. The fourth-order valence-electron chi connectivity index (χ4n) is 2.81. The van der Waals surface area contributed by atoms with Crippen LogP contribution in [0.25, 0.3) is 0 Å². The van der Waals surface area contributed by atoms with E-state index in [1.165, 1.54) is 18.9 Å². The zero-order chi connectivity index (χ0) is 20.7. The second-order valence-electron chi connectivity index (χ2n) is 7.57. The van der Waals surface area contributed by atoms with Crippen LogP contribution in [-0.4, -0.2) is 53.8 Å². The third kappa shape index (κ3) is 6.83. The molecule has 7 nitrogen and oxygen atoms in total. The first-order valence-electron chi connectivity index (χ1n) is 9.23. The molecule has 1 aliphatic rings. The topological polar surface area (TPSA) is 93.7 Å². The summed E-state index contributed by atoms with van der Waals surface area (Å²) in [5.41, 5.74) is -0.0202. The van der Waals surface area contributed by atoms with Gasteiger partial charge in [0.25, 0.3) is 5.91 Å². The van der Waals surface area contributed by atoms with Gasteiger partial charge in [-0.05, 0) is 39.3 Å². The zero-order valence-corrected chi connectivity index (χ0v) is 17.5. The van der Waals surface area contributed by atoms with Gasteiger partial charge in [-0.2, -0.15) is 0 Å². The first-order chi connectivity index (χ1) is 13.2. The van der Waals surface area contributed by atoms with Crippen LogP contribution < -0.4 is 10.6 Å². The predicted molar refractivity (Wildman–Crippen MR) is 108 cm³/mol. The van der Waals surface area contributed by atoms with Gasteiger partial charge in [0.05, 0.1) is 18.5 Å². The van der Waals surface area contributed by atoms with Crippen LogP contribution in [0, 0.1) is 0 Å². The van der Waals surface area contributed by atoms with E-state index in [-0.39, 0.29) is 35.7 Å². The molecular weight excluding hydrogens is 380 g/mol. The lowest BCUT2D eigenvalue weighted by Gasteiger charge is -2.26. The van der Waals surface area contributed by atoms with E-state index in [1.54, 1.807) is 24.3 Å². The summed E-state index contributed by atoms with van der Waals surface area (Å²) in [6.07, 6.45) is 0.560. The molecule has 1 aliphatic heterocycles. The highest BCUT2D eigenvalue weighted by atomic mass is 32.2. The Morgan fingerprint density at radius 3 is 2.54 bits per heavy atom. The standard InChI is InChI=1S/C20H28N2O5S/c1-20(2,3)27-16(23)11-10-14(18-22-15(12-28-18)19(25)26-4)21-17(24)13-8-6-5-7-9-13/h5-9,14-15,18,22H,10-12H2,1-4H3,(H,21,24). The number of hydrogen-bond acceptors (Lipinski definition) is 7. The van der Waals surface area contributed by atoms with E-state index >= 15 is 0 Å². The van der Waals surface area contributed by atoms with Gasteiger partial charge in [-0.25, -0.2) is 0 Å². The maximum Gasteiger partial charge on any atom is 0.323 e. The van der Waals surface area contributed by atoms with Crippen molar-refractivity contribution in [3.05, 3.63) is 35.9 Å². The molecule has 3 unspecified atom stereocenters. The summed E-state index contributed by atoms with van der Waals surface area (Å²) in [6, 6.07) is 8.10. The van der Waals surface area contributed by atoms with Crippen LogP contribution in [0.3, 0.4) is 0 Å². The number of amides is 1. The molecule has 154 valence electrons. The van der Waals surface area contributed by atoms with E-state index in [4.69, 9.17) is 9.47 Å². The Bertz CT molecular complexity index is 690. The SMILES string of the molecule is COC(=O)C1CSC(C(CCC(=O)OC(C)(C)C)NC(=O)c2ccccc2)N1. The molecular formula is C20H28N2O5S. The van der Waals surface area contributed by atoms with Crippen molar-refractivity contribution >= 4 is 29.6 Å². The molecule has 0 aromatic heterocycles. The van der Waals surface area contributed by atoms with Gasteiger partial charge in [-0.1, -0.05) is 18.2 Å². The third-order valence-electron chi connectivity index (χ3n) is 4.09. The van der Waals surface area contributed by atoms with E-state index in [9.17, 15) is 14.4 Å². The van der Waals surface area contributed by atoms with Crippen molar-refractivity contribution in [3.8, 4) is 0 Å². The van der Waals surface area contributed by atoms with Crippen molar-refractivity contribution in [2.75, 3.05) is 12.9 Å². The lowest BCUT2D eigenvalue weighted by Crippen LogP contribution is -2.49. The fourth-order valence-corrected chi connectivity index (χ4v) is 4.14. The van der Waals surface area contributed by atoms with E-state index < -0.39 is 11.6 Å². The highest BCUT2D eigenvalue weighted by Gasteiger charge is 2.36. The van der Waals surface area contributed by atoms with Crippen LogP contribution >= 0.6 is 11.8 Å². The van der Waals surface area contributed by atoms with Crippen molar-refractivity contribution < 1.29 is 23.9 Å². The lowest BCUT2D eigenvalue weighted by molar-refractivity contribution is -0.155. The van der Waals surface area contributed by atoms with E-state index in [0.717, 1.165) is 0 Å². The van der Waals surface area contributed by atoms with Gasteiger partial charge in [-0.15, -0.1) is 11.8 Å². The van der Waals surface area contributed by atoms with Gasteiger partial charge in [-0.3, -0.25) is 19.7 Å². The second kappa shape index (κ2) is 9.93. The minimum atomic E-state index is -0.559. The van der Waals surface area contributed by atoms with Crippen molar-refractivity contribution in [2.45, 2.75) is 56.7 Å². The Morgan fingerprint density at radius 1 is 1.25 bits per heavy atom.